The Kier molecular flexibility index (Phi) is 5.11. The Bertz CT molecular complexity index is 840. The predicted octanol–water partition coefficient (Wildman–Crippen LogP) is 3.99. The molecule has 1 aliphatic rings. The number of methoxy groups -OCH3 is 1. The highest BCUT2D eigenvalue weighted by atomic mass is 32.2. The van der Waals surface area contributed by atoms with Crippen molar-refractivity contribution in [1.82, 2.24) is 4.57 Å². The molecule has 2 aromatic rings. The van der Waals surface area contributed by atoms with Crippen LogP contribution in [0, 0.1) is 13.8 Å². The van der Waals surface area contributed by atoms with Gasteiger partial charge in [0.05, 0.1) is 17.2 Å². The number of carbonyl (C=O) groups excluding carboxylic acids is 2. The first-order valence-electron chi connectivity index (χ1n) is 8.01. The summed E-state index contributed by atoms with van der Waals surface area (Å²) in [6.45, 7) is 5.42. The zero-order chi connectivity index (χ0) is 18.0. The molecule has 1 saturated heterocycles. The fourth-order valence-electron chi connectivity index (χ4n) is 2.91. The highest BCUT2D eigenvalue weighted by Crippen LogP contribution is 2.36. The van der Waals surface area contributed by atoms with Gasteiger partial charge in [-0.3, -0.25) is 9.59 Å². The maximum absolute atomic E-state index is 12.7. The molecule has 1 aliphatic heterocycles. The number of ether oxygens (including phenoxy) is 1. The maximum atomic E-state index is 12.7. The summed E-state index contributed by atoms with van der Waals surface area (Å²) < 4.78 is 7.30. The van der Waals surface area contributed by atoms with Gasteiger partial charge in [-0.25, -0.2) is 4.90 Å². The minimum Gasteiger partial charge on any atom is -0.383 e. The number of nitrogens with zero attached hydrogens (tertiary/aromatic N) is 2. The number of para-hydroxylation sites is 1. The van der Waals surface area contributed by atoms with Gasteiger partial charge in [0.25, 0.3) is 11.1 Å². The molecule has 130 valence electrons. The van der Waals surface area contributed by atoms with Gasteiger partial charge in [0.2, 0.25) is 0 Å². The lowest BCUT2D eigenvalue weighted by Gasteiger charge is -2.11. The zero-order valence-corrected chi connectivity index (χ0v) is 15.3. The van der Waals surface area contributed by atoms with E-state index < -0.39 is 0 Å². The van der Waals surface area contributed by atoms with E-state index >= 15 is 0 Å². The predicted molar refractivity (Wildman–Crippen MR) is 101 cm³/mol. The van der Waals surface area contributed by atoms with E-state index in [0.717, 1.165) is 35.3 Å². The number of thioether (sulfide) groups is 1. The van der Waals surface area contributed by atoms with Crippen LogP contribution < -0.4 is 4.90 Å². The van der Waals surface area contributed by atoms with Crippen molar-refractivity contribution < 1.29 is 14.3 Å². The quantitative estimate of drug-likeness (QED) is 0.760. The molecule has 0 unspecified atom stereocenters. The second kappa shape index (κ2) is 7.29. The molecule has 6 heteroatoms. The monoisotopic (exact) mass is 356 g/mol. The minimum absolute atomic E-state index is 0.268. The van der Waals surface area contributed by atoms with Crippen molar-refractivity contribution in [2.75, 3.05) is 18.6 Å². The molecule has 0 aliphatic carbocycles. The lowest BCUT2D eigenvalue weighted by Crippen LogP contribution is -2.27. The van der Waals surface area contributed by atoms with Crippen LogP contribution >= 0.6 is 11.8 Å². The number of imide groups is 1. The molecular weight excluding hydrogens is 336 g/mol. The zero-order valence-electron chi connectivity index (χ0n) is 14.5. The lowest BCUT2D eigenvalue weighted by atomic mass is 10.2. The van der Waals surface area contributed by atoms with Crippen LogP contribution in [0.25, 0.3) is 6.08 Å². The number of aryl methyl sites for hydroxylation is 1. The molecule has 0 saturated carbocycles. The van der Waals surface area contributed by atoms with Crippen molar-refractivity contribution in [3.05, 3.63) is 58.3 Å². The number of benzene rings is 1. The second-order valence-electron chi connectivity index (χ2n) is 5.82. The number of hydrogen-bond acceptors (Lipinski definition) is 4. The Balaban J connectivity index is 1.90. The van der Waals surface area contributed by atoms with Crippen molar-refractivity contribution in [3.8, 4) is 0 Å². The average molecular weight is 356 g/mol. The third-order valence-corrected chi connectivity index (χ3v) is 5.10. The van der Waals surface area contributed by atoms with Crippen molar-refractivity contribution in [2.24, 2.45) is 0 Å². The highest BCUT2D eigenvalue weighted by Gasteiger charge is 2.36. The Morgan fingerprint density at radius 2 is 1.88 bits per heavy atom. The van der Waals surface area contributed by atoms with Crippen LogP contribution in [0.1, 0.15) is 17.0 Å². The first-order valence-corrected chi connectivity index (χ1v) is 8.83. The van der Waals surface area contributed by atoms with E-state index in [1.165, 1.54) is 4.90 Å². The van der Waals surface area contributed by atoms with Gasteiger partial charge in [-0.05, 0) is 55.4 Å². The molecule has 0 atom stereocenters. The van der Waals surface area contributed by atoms with Crippen LogP contribution in [0.3, 0.4) is 0 Å². The summed E-state index contributed by atoms with van der Waals surface area (Å²) in [5.41, 5.74) is 3.70. The molecule has 25 heavy (non-hydrogen) atoms. The third-order valence-electron chi connectivity index (χ3n) is 4.23. The van der Waals surface area contributed by atoms with Gasteiger partial charge < -0.3 is 9.30 Å². The van der Waals surface area contributed by atoms with E-state index in [9.17, 15) is 9.59 Å². The Morgan fingerprint density at radius 1 is 1.16 bits per heavy atom. The molecule has 0 spiro atoms. The minimum atomic E-state index is -0.275. The molecule has 5 nitrogen and oxygen atoms in total. The first-order chi connectivity index (χ1) is 12.0. The molecular formula is C19H20N2O3S. The first kappa shape index (κ1) is 17.5. The maximum Gasteiger partial charge on any atom is 0.298 e. The van der Waals surface area contributed by atoms with E-state index in [4.69, 9.17) is 4.74 Å². The summed E-state index contributed by atoms with van der Waals surface area (Å²) in [5.74, 6) is -0.275. The summed E-state index contributed by atoms with van der Waals surface area (Å²) in [4.78, 5) is 26.6. The molecule has 0 N–H and O–H groups in total. The molecule has 2 amide bonds. The summed E-state index contributed by atoms with van der Waals surface area (Å²) in [6, 6.07) is 11.0. The Labute approximate surface area is 151 Å². The van der Waals surface area contributed by atoms with Crippen molar-refractivity contribution in [1.29, 1.82) is 0 Å². The van der Waals surface area contributed by atoms with Gasteiger partial charge in [-0.2, -0.15) is 0 Å². The Morgan fingerprint density at radius 3 is 2.56 bits per heavy atom. The number of hydrogen-bond donors (Lipinski definition) is 0. The van der Waals surface area contributed by atoms with Crippen molar-refractivity contribution in [3.63, 3.8) is 0 Å². The summed E-state index contributed by atoms with van der Waals surface area (Å²) in [7, 11) is 1.68. The topological polar surface area (TPSA) is 51.5 Å². The highest BCUT2D eigenvalue weighted by molar-refractivity contribution is 8.19. The summed E-state index contributed by atoms with van der Waals surface area (Å²) >= 11 is 0.978. The van der Waals surface area contributed by atoms with Gasteiger partial charge >= 0.3 is 0 Å². The number of carbonyl (C=O) groups is 2. The van der Waals surface area contributed by atoms with Gasteiger partial charge in [0.1, 0.15) is 0 Å². The Hall–Kier alpha value is -2.31. The van der Waals surface area contributed by atoms with Crippen LogP contribution in [-0.4, -0.2) is 29.4 Å². The van der Waals surface area contributed by atoms with E-state index in [-0.39, 0.29) is 11.1 Å². The molecule has 0 radical (unpaired) electrons. The van der Waals surface area contributed by atoms with Gasteiger partial charge in [-0.15, -0.1) is 0 Å². The smallest absolute Gasteiger partial charge is 0.298 e. The van der Waals surface area contributed by atoms with Crippen LogP contribution in [0.5, 0.6) is 0 Å². The normalized spacial score (nSPS) is 16.3. The third kappa shape index (κ3) is 3.41. The number of anilines is 1. The van der Waals surface area contributed by atoms with Crippen LogP contribution in [0.4, 0.5) is 10.5 Å². The van der Waals surface area contributed by atoms with E-state index in [0.29, 0.717) is 17.2 Å². The molecule has 2 heterocycles. The summed E-state index contributed by atoms with van der Waals surface area (Å²) in [5, 5.41) is -0.268. The van der Waals surface area contributed by atoms with Gasteiger partial charge in [0.15, 0.2) is 0 Å². The van der Waals surface area contributed by atoms with Crippen molar-refractivity contribution in [2.45, 2.75) is 20.4 Å². The van der Waals surface area contributed by atoms with Crippen LogP contribution in [0.2, 0.25) is 0 Å². The summed E-state index contributed by atoms with van der Waals surface area (Å²) in [6.07, 6.45) is 1.81. The van der Waals surface area contributed by atoms with Gasteiger partial charge in [0, 0.05) is 25.0 Å². The SMILES string of the molecule is COCCn1c(C)cc(/C=C2/SC(=O)N(c3ccccc3)C2=O)c1C. The fraction of sp³-hybridized carbons (Fsp3) is 0.263. The molecule has 1 aromatic heterocycles. The van der Waals surface area contributed by atoms with E-state index in [1.54, 1.807) is 25.3 Å². The number of rotatable bonds is 5. The lowest BCUT2D eigenvalue weighted by molar-refractivity contribution is -0.113. The van der Waals surface area contributed by atoms with Gasteiger partial charge in [-0.1, -0.05) is 18.2 Å². The fourth-order valence-corrected chi connectivity index (χ4v) is 3.74. The van der Waals surface area contributed by atoms with Crippen molar-refractivity contribution >= 4 is 34.7 Å². The molecule has 0 bridgehead atoms. The molecule has 1 aromatic carbocycles. The van der Waals surface area contributed by atoms with Crippen LogP contribution in [0.15, 0.2) is 41.3 Å². The standard InChI is InChI=1S/C19H20N2O3S/c1-13-11-15(14(2)20(13)9-10-24-3)12-17-18(22)21(19(23)25-17)16-7-5-4-6-8-16/h4-8,11-12H,9-10H2,1-3H3/b17-12+. The van der Waals surface area contributed by atoms with E-state index in [1.807, 2.05) is 38.1 Å². The second-order valence-corrected chi connectivity index (χ2v) is 6.82. The number of aromatic nitrogens is 1. The largest absolute Gasteiger partial charge is 0.383 e. The number of amides is 2. The average Bonchev–Trinajstić information content (AvgIpc) is 3.03. The molecule has 3 rings (SSSR count). The van der Waals surface area contributed by atoms with Crippen LogP contribution in [-0.2, 0) is 16.1 Å². The van der Waals surface area contributed by atoms with E-state index in [2.05, 4.69) is 4.57 Å². The molecule has 1 fully saturated rings.